The normalized spacial score (nSPS) is 22.2. The molecule has 2 fully saturated rings. The molecule has 0 N–H and O–H groups in total. The van der Waals surface area contributed by atoms with Crippen molar-refractivity contribution >= 4 is 17.2 Å². The molecule has 4 nitrogen and oxygen atoms in total. The molecule has 1 atom stereocenters. The second kappa shape index (κ2) is 7.18. The number of thiophene rings is 1. The van der Waals surface area contributed by atoms with Crippen LogP contribution in [0, 0.1) is 0 Å². The predicted molar refractivity (Wildman–Crippen MR) is 98.0 cm³/mol. The van der Waals surface area contributed by atoms with Crippen LogP contribution in [0.5, 0.6) is 5.75 Å². The maximum atomic E-state index is 12.4. The zero-order valence-corrected chi connectivity index (χ0v) is 15.0. The fraction of sp³-hybridized carbons (Fsp3) is 0.450. The molecule has 2 saturated heterocycles. The lowest BCUT2D eigenvalue weighted by molar-refractivity contribution is -0.135. The molecule has 25 heavy (non-hydrogen) atoms. The van der Waals surface area contributed by atoms with Crippen LogP contribution in [-0.4, -0.2) is 42.2 Å². The molecule has 0 bridgehead atoms. The van der Waals surface area contributed by atoms with E-state index in [1.165, 1.54) is 0 Å². The van der Waals surface area contributed by atoms with E-state index in [9.17, 15) is 4.79 Å². The van der Waals surface area contributed by atoms with Gasteiger partial charge >= 0.3 is 0 Å². The second-order valence-electron chi connectivity index (χ2n) is 6.89. The SMILES string of the molecule is O=C(Cc1cccs1)N1CCC2(CC1)CC(Oc1ccccc1)CO2. The number of ether oxygens (including phenoxy) is 2. The lowest BCUT2D eigenvalue weighted by Crippen LogP contribution is -2.47. The fourth-order valence-corrected chi connectivity index (χ4v) is 4.45. The van der Waals surface area contributed by atoms with Gasteiger partial charge in [-0.15, -0.1) is 11.3 Å². The van der Waals surface area contributed by atoms with E-state index in [1.54, 1.807) is 11.3 Å². The van der Waals surface area contributed by atoms with Gasteiger partial charge in [0.15, 0.2) is 0 Å². The highest BCUT2D eigenvalue weighted by Crippen LogP contribution is 2.37. The van der Waals surface area contributed by atoms with Crippen LogP contribution < -0.4 is 4.74 Å². The molecule has 132 valence electrons. The minimum Gasteiger partial charge on any atom is -0.488 e. The molecule has 2 aliphatic heterocycles. The first-order valence-electron chi connectivity index (χ1n) is 8.88. The minimum atomic E-state index is -0.112. The Hall–Kier alpha value is -1.85. The summed E-state index contributed by atoms with van der Waals surface area (Å²) in [4.78, 5) is 15.6. The lowest BCUT2D eigenvalue weighted by atomic mass is 9.88. The third-order valence-corrected chi connectivity index (χ3v) is 6.03. The van der Waals surface area contributed by atoms with E-state index < -0.39 is 0 Å². The van der Waals surface area contributed by atoms with Crippen molar-refractivity contribution < 1.29 is 14.3 Å². The van der Waals surface area contributed by atoms with Crippen LogP contribution in [0.25, 0.3) is 0 Å². The van der Waals surface area contributed by atoms with E-state index in [2.05, 4.69) is 0 Å². The van der Waals surface area contributed by atoms with Gasteiger partial charge in [-0.3, -0.25) is 4.79 Å². The number of carbonyl (C=O) groups excluding carboxylic acids is 1. The zero-order chi connectivity index (χ0) is 17.1. The van der Waals surface area contributed by atoms with Crippen LogP contribution in [0.1, 0.15) is 24.1 Å². The van der Waals surface area contributed by atoms with Gasteiger partial charge in [-0.2, -0.15) is 0 Å². The van der Waals surface area contributed by atoms with Crippen LogP contribution in [0.15, 0.2) is 47.8 Å². The number of para-hydroxylation sites is 1. The average molecular weight is 357 g/mol. The Morgan fingerprint density at radius 3 is 2.72 bits per heavy atom. The van der Waals surface area contributed by atoms with Crippen LogP contribution in [0.2, 0.25) is 0 Å². The fourth-order valence-electron chi connectivity index (χ4n) is 3.76. The van der Waals surface area contributed by atoms with Crippen molar-refractivity contribution in [1.82, 2.24) is 4.90 Å². The summed E-state index contributed by atoms with van der Waals surface area (Å²) in [6.45, 7) is 2.20. The quantitative estimate of drug-likeness (QED) is 0.840. The molecular formula is C20H23NO3S. The Morgan fingerprint density at radius 2 is 2.00 bits per heavy atom. The Bertz CT molecular complexity index is 693. The summed E-state index contributed by atoms with van der Waals surface area (Å²) < 4.78 is 12.2. The summed E-state index contributed by atoms with van der Waals surface area (Å²) >= 11 is 1.65. The van der Waals surface area contributed by atoms with Crippen molar-refractivity contribution in [3.8, 4) is 5.75 Å². The number of likely N-dealkylation sites (tertiary alicyclic amines) is 1. The molecule has 1 aromatic carbocycles. The molecule has 2 aromatic rings. The smallest absolute Gasteiger partial charge is 0.227 e. The molecule has 5 heteroatoms. The van der Waals surface area contributed by atoms with Crippen molar-refractivity contribution in [2.75, 3.05) is 19.7 Å². The van der Waals surface area contributed by atoms with E-state index in [0.717, 1.165) is 43.0 Å². The molecule has 1 aromatic heterocycles. The summed E-state index contributed by atoms with van der Waals surface area (Å²) in [6.07, 6.45) is 3.34. The Kier molecular flexibility index (Phi) is 4.77. The number of amides is 1. The molecule has 4 rings (SSSR count). The van der Waals surface area contributed by atoms with Gasteiger partial charge in [-0.05, 0) is 36.4 Å². The number of carbonyl (C=O) groups is 1. The highest BCUT2D eigenvalue weighted by molar-refractivity contribution is 7.10. The van der Waals surface area contributed by atoms with Gasteiger partial charge < -0.3 is 14.4 Å². The van der Waals surface area contributed by atoms with Gasteiger partial charge in [0.1, 0.15) is 11.9 Å². The molecular weight excluding hydrogens is 334 g/mol. The highest BCUT2D eigenvalue weighted by atomic mass is 32.1. The van der Waals surface area contributed by atoms with E-state index >= 15 is 0 Å². The van der Waals surface area contributed by atoms with Crippen LogP contribution in [0.3, 0.4) is 0 Å². The molecule has 1 spiro atoms. The lowest BCUT2D eigenvalue weighted by Gasteiger charge is -2.38. The predicted octanol–water partition coefficient (Wildman–Crippen LogP) is 3.52. The van der Waals surface area contributed by atoms with Gasteiger partial charge in [0.2, 0.25) is 5.91 Å². The number of rotatable bonds is 4. The van der Waals surface area contributed by atoms with Crippen molar-refractivity contribution in [3.63, 3.8) is 0 Å². The maximum absolute atomic E-state index is 12.4. The summed E-state index contributed by atoms with van der Waals surface area (Å²) in [5, 5.41) is 2.02. The first-order chi connectivity index (χ1) is 12.2. The van der Waals surface area contributed by atoms with Crippen LogP contribution in [0.4, 0.5) is 0 Å². The average Bonchev–Trinajstić information content (AvgIpc) is 3.27. The largest absolute Gasteiger partial charge is 0.488 e. The Morgan fingerprint density at radius 1 is 1.20 bits per heavy atom. The second-order valence-corrected chi connectivity index (χ2v) is 7.92. The van der Waals surface area contributed by atoms with E-state index in [-0.39, 0.29) is 17.6 Å². The molecule has 0 radical (unpaired) electrons. The maximum Gasteiger partial charge on any atom is 0.227 e. The molecule has 0 saturated carbocycles. The number of piperidine rings is 1. The van der Waals surface area contributed by atoms with Crippen LogP contribution in [-0.2, 0) is 16.0 Å². The molecule has 2 aliphatic rings. The molecule has 1 amide bonds. The van der Waals surface area contributed by atoms with Crippen molar-refractivity contribution in [2.24, 2.45) is 0 Å². The first kappa shape index (κ1) is 16.6. The van der Waals surface area contributed by atoms with Crippen LogP contribution >= 0.6 is 11.3 Å². The molecule has 3 heterocycles. The summed E-state index contributed by atoms with van der Waals surface area (Å²) in [5.74, 6) is 1.13. The highest BCUT2D eigenvalue weighted by Gasteiger charge is 2.44. The number of benzene rings is 1. The van der Waals surface area contributed by atoms with Crippen molar-refractivity contribution in [1.29, 1.82) is 0 Å². The zero-order valence-electron chi connectivity index (χ0n) is 14.2. The van der Waals surface area contributed by atoms with Gasteiger partial charge in [0.25, 0.3) is 0 Å². The van der Waals surface area contributed by atoms with E-state index in [0.29, 0.717) is 13.0 Å². The Labute approximate surface area is 152 Å². The van der Waals surface area contributed by atoms with Crippen molar-refractivity contribution in [2.45, 2.75) is 37.4 Å². The minimum absolute atomic E-state index is 0.107. The third kappa shape index (κ3) is 3.88. The summed E-state index contributed by atoms with van der Waals surface area (Å²) in [6, 6.07) is 13.9. The standard InChI is InChI=1S/C20H23NO3S/c22-19(13-18-7-4-12-25-18)21-10-8-20(9-11-21)14-17(15-23-20)24-16-5-2-1-3-6-16/h1-7,12,17H,8-11,13-15H2. The first-order valence-corrected chi connectivity index (χ1v) is 9.76. The van der Waals surface area contributed by atoms with E-state index in [4.69, 9.17) is 9.47 Å². The topological polar surface area (TPSA) is 38.8 Å². The Balaban J connectivity index is 1.29. The molecule has 0 aliphatic carbocycles. The number of hydrogen-bond donors (Lipinski definition) is 0. The van der Waals surface area contributed by atoms with Gasteiger partial charge in [-0.1, -0.05) is 24.3 Å². The monoisotopic (exact) mass is 357 g/mol. The summed E-state index contributed by atoms with van der Waals surface area (Å²) in [5.41, 5.74) is -0.112. The van der Waals surface area contributed by atoms with E-state index in [1.807, 2.05) is 52.7 Å². The van der Waals surface area contributed by atoms with Gasteiger partial charge in [-0.25, -0.2) is 0 Å². The van der Waals surface area contributed by atoms with Crippen molar-refractivity contribution in [3.05, 3.63) is 52.7 Å². The molecule has 1 unspecified atom stereocenters. The number of nitrogens with zero attached hydrogens (tertiary/aromatic N) is 1. The summed E-state index contributed by atoms with van der Waals surface area (Å²) in [7, 11) is 0. The van der Waals surface area contributed by atoms with Gasteiger partial charge in [0.05, 0.1) is 18.6 Å². The van der Waals surface area contributed by atoms with Gasteiger partial charge in [0, 0.05) is 24.4 Å². The third-order valence-electron chi connectivity index (χ3n) is 5.15. The number of hydrogen-bond acceptors (Lipinski definition) is 4.